The zero-order valence-electron chi connectivity index (χ0n) is 4.31. The molecule has 1 aromatic rings. The van der Waals surface area contributed by atoms with Gasteiger partial charge in [0.2, 0.25) is 0 Å². The van der Waals surface area contributed by atoms with Gasteiger partial charge in [0.15, 0.2) is 0 Å². The molecule has 0 spiro atoms. The van der Waals surface area contributed by atoms with Crippen molar-refractivity contribution >= 4 is 0 Å². The van der Waals surface area contributed by atoms with Crippen LogP contribution in [0.3, 0.4) is 0 Å². The van der Waals surface area contributed by atoms with Crippen LogP contribution in [0.15, 0.2) is 18.5 Å². The fourth-order valence-corrected chi connectivity index (χ4v) is 0.516. The molecule has 1 radical (unpaired) electrons. The van der Waals surface area contributed by atoms with Crippen molar-refractivity contribution in [3.8, 4) is 0 Å². The Morgan fingerprint density at radius 3 is 2.86 bits per heavy atom. The SMILES string of the molecule is C[CH]c1cc[nH]c1. The Morgan fingerprint density at radius 1 is 1.71 bits per heavy atom. The molecule has 0 unspecified atom stereocenters. The fraction of sp³-hybridized carbons (Fsp3) is 0.167. The molecular formula is C6H8N. The van der Waals surface area contributed by atoms with Crippen molar-refractivity contribution in [2.24, 2.45) is 0 Å². The molecule has 1 nitrogen and oxygen atoms in total. The van der Waals surface area contributed by atoms with Crippen LogP contribution in [0.5, 0.6) is 0 Å². The lowest BCUT2D eigenvalue weighted by molar-refractivity contribution is 1.38. The molecule has 37 valence electrons. The van der Waals surface area contributed by atoms with Crippen molar-refractivity contribution in [1.29, 1.82) is 0 Å². The fourth-order valence-electron chi connectivity index (χ4n) is 0.516. The lowest BCUT2D eigenvalue weighted by atomic mass is 10.3. The summed E-state index contributed by atoms with van der Waals surface area (Å²) in [5, 5.41) is 0. The van der Waals surface area contributed by atoms with Crippen LogP contribution in [0.1, 0.15) is 12.5 Å². The van der Waals surface area contributed by atoms with Crippen LogP contribution < -0.4 is 0 Å². The molecule has 0 atom stereocenters. The van der Waals surface area contributed by atoms with E-state index in [4.69, 9.17) is 0 Å². The summed E-state index contributed by atoms with van der Waals surface area (Å²) < 4.78 is 0. The second-order valence-electron chi connectivity index (χ2n) is 1.43. The molecule has 0 aliphatic rings. The predicted molar refractivity (Wildman–Crippen MR) is 29.9 cm³/mol. The summed E-state index contributed by atoms with van der Waals surface area (Å²) in [6.45, 7) is 2.02. The number of H-pyrrole nitrogens is 1. The van der Waals surface area contributed by atoms with Crippen LogP contribution in [0.2, 0.25) is 0 Å². The first kappa shape index (κ1) is 4.44. The quantitative estimate of drug-likeness (QED) is 0.544. The van der Waals surface area contributed by atoms with E-state index in [1.54, 1.807) is 0 Å². The molecular weight excluding hydrogens is 86.1 g/mol. The van der Waals surface area contributed by atoms with Gasteiger partial charge in [-0.1, -0.05) is 6.92 Å². The summed E-state index contributed by atoms with van der Waals surface area (Å²) >= 11 is 0. The second kappa shape index (κ2) is 1.82. The minimum Gasteiger partial charge on any atom is -0.367 e. The van der Waals surface area contributed by atoms with E-state index in [0.717, 1.165) is 0 Å². The Hall–Kier alpha value is -0.720. The van der Waals surface area contributed by atoms with Gasteiger partial charge in [0.05, 0.1) is 0 Å². The van der Waals surface area contributed by atoms with Crippen molar-refractivity contribution < 1.29 is 0 Å². The highest BCUT2D eigenvalue weighted by Crippen LogP contribution is 1.96. The highest BCUT2D eigenvalue weighted by molar-refractivity contribution is 5.16. The molecule has 1 heterocycles. The minimum atomic E-state index is 1.25. The predicted octanol–water partition coefficient (Wildman–Crippen LogP) is 1.59. The van der Waals surface area contributed by atoms with Gasteiger partial charge in [-0.25, -0.2) is 0 Å². The largest absolute Gasteiger partial charge is 0.367 e. The Bertz CT molecular complexity index is 119. The van der Waals surface area contributed by atoms with E-state index in [1.165, 1.54) is 5.56 Å². The molecule has 0 fully saturated rings. The van der Waals surface area contributed by atoms with Gasteiger partial charge < -0.3 is 4.98 Å². The normalized spacial score (nSPS) is 9.29. The molecule has 1 aromatic heterocycles. The van der Waals surface area contributed by atoms with E-state index in [1.807, 2.05) is 25.4 Å². The summed E-state index contributed by atoms with van der Waals surface area (Å²) in [6, 6.07) is 2.03. The standard InChI is InChI=1S/C6H8N/c1-2-6-3-4-7-5-6/h2-5,7H,1H3. The van der Waals surface area contributed by atoms with Crippen LogP contribution in [0.25, 0.3) is 0 Å². The molecule has 1 N–H and O–H groups in total. The third kappa shape index (κ3) is 0.829. The summed E-state index contributed by atoms with van der Waals surface area (Å²) in [5.74, 6) is 0. The van der Waals surface area contributed by atoms with Crippen molar-refractivity contribution in [1.82, 2.24) is 4.98 Å². The third-order valence-electron chi connectivity index (χ3n) is 0.955. The topological polar surface area (TPSA) is 15.8 Å². The maximum atomic E-state index is 2.95. The number of aromatic amines is 1. The first-order valence-corrected chi connectivity index (χ1v) is 2.35. The zero-order valence-corrected chi connectivity index (χ0v) is 4.31. The molecule has 0 bridgehead atoms. The molecule has 0 amide bonds. The maximum absolute atomic E-state index is 2.95. The Morgan fingerprint density at radius 2 is 2.57 bits per heavy atom. The van der Waals surface area contributed by atoms with Gasteiger partial charge in [-0.2, -0.15) is 0 Å². The summed E-state index contributed by atoms with van der Waals surface area (Å²) in [4.78, 5) is 2.95. The van der Waals surface area contributed by atoms with E-state index in [2.05, 4.69) is 11.4 Å². The van der Waals surface area contributed by atoms with E-state index in [9.17, 15) is 0 Å². The summed E-state index contributed by atoms with van der Waals surface area (Å²) in [7, 11) is 0. The van der Waals surface area contributed by atoms with Gasteiger partial charge in [0.25, 0.3) is 0 Å². The van der Waals surface area contributed by atoms with E-state index >= 15 is 0 Å². The zero-order chi connectivity index (χ0) is 5.11. The van der Waals surface area contributed by atoms with Crippen LogP contribution >= 0.6 is 0 Å². The van der Waals surface area contributed by atoms with Crippen LogP contribution in [0.4, 0.5) is 0 Å². The highest BCUT2D eigenvalue weighted by Gasteiger charge is 1.81. The number of rotatable bonds is 1. The minimum absolute atomic E-state index is 1.25. The number of hydrogen-bond acceptors (Lipinski definition) is 0. The third-order valence-corrected chi connectivity index (χ3v) is 0.955. The lowest BCUT2D eigenvalue weighted by Gasteiger charge is -1.78. The highest BCUT2D eigenvalue weighted by atomic mass is 14.6. The maximum Gasteiger partial charge on any atom is 0.00402 e. The first-order chi connectivity index (χ1) is 3.43. The molecule has 1 heteroatoms. The number of nitrogens with one attached hydrogen (secondary N) is 1. The van der Waals surface area contributed by atoms with E-state index in [0.29, 0.717) is 0 Å². The average Bonchev–Trinajstić information content (AvgIpc) is 2.14. The Balaban J connectivity index is 2.76. The molecule has 0 saturated heterocycles. The number of aromatic nitrogens is 1. The van der Waals surface area contributed by atoms with Gasteiger partial charge in [-0.3, -0.25) is 0 Å². The first-order valence-electron chi connectivity index (χ1n) is 2.35. The summed E-state index contributed by atoms with van der Waals surface area (Å²) in [5.41, 5.74) is 1.25. The number of hydrogen-bond donors (Lipinski definition) is 1. The van der Waals surface area contributed by atoms with Gasteiger partial charge in [0.1, 0.15) is 0 Å². The van der Waals surface area contributed by atoms with Gasteiger partial charge in [-0.15, -0.1) is 0 Å². The second-order valence-corrected chi connectivity index (χ2v) is 1.43. The van der Waals surface area contributed by atoms with Crippen molar-refractivity contribution in [2.75, 3.05) is 0 Å². The molecule has 0 aliphatic carbocycles. The van der Waals surface area contributed by atoms with E-state index < -0.39 is 0 Å². The van der Waals surface area contributed by atoms with Crippen LogP contribution in [-0.4, -0.2) is 4.98 Å². The van der Waals surface area contributed by atoms with Crippen molar-refractivity contribution in [2.45, 2.75) is 6.92 Å². The molecule has 0 aliphatic heterocycles. The average molecular weight is 94.1 g/mol. The monoisotopic (exact) mass is 94.1 g/mol. The van der Waals surface area contributed by atoms with Gasteiger partial charge >= 0.3 is 0 Å². The molecule has 7 heavy (non-hydrogen) atoms. The van der Waals surface area contributed by atoms with E-state index in [-0.39, 0.29) is 0 Å². The van der Waals surface area contributed by atoms with Crippen molar-refractivity contribution in [3.63, 3.8) is 0 Å². The molecule has 1 rings (SSSR count). The smallest absolute Gasteiger partial charge is 0.00402 e. The Kier molecular flexibility index (Phi) is 1.16. The van der Waals surface area contributed by atoms with Gasteiger partial charge in [0, 0.05) is 12.4 Å². The summed E-state index contributed by atoms with van der Waals surface area (Å²) in [6.07, 6.45) is 5.92. The molecule has 0 saturated carbocycles. The van der Waals surface area contributed by atoms with Gasteiger partial charge in [-0.05, 0) is 18.1 Å². The Labute approximate surface area is 43.4 Å². The van der Waals surface area contributed by atoms with Crippen LogP contribution in [-0.2, 0) is 0 Å². The van der Waals surface area contributed by atoms with Crippen molar-refractivity contribution in [3.05, 3.63) is 30.4 Å². The molecule has 0 aromatic carbocycles. The van der Waals surface area contributed by atoms with Crippen LogP contribution in [0, 0.1) is 6.42 Å². The lowest BCUT2D eigenvalue weighted by Crippen LogP contribution is -1.63.